The molecule has 17 heavy (non-hydrogen) atoms. The predicted molar refractivity (Wildman–Crippen MR) is 71.8 cm³/mol. The van der Waals surface area contributed by atoms with Gasteiger partial charge in [0.1, 0.15) is 0 Å². The largest absolute Gasteiger partial charge is 0.329 e. The molecule has 2 atom stereocenters. The van der Waals surface area contributed by atoms with Crippen molar-refractivity contribution in [2.75, 3.05) is 0 Å². The van der Waals surface area contributed by atoms with E-state index in [1.165, 1.54) is 18.4 Å². The Morgan fingerprint density at radius 1 is 1.35 bits per heavy atom. The molecule has 0 bridgehead atoms. The van der Waals surface area contributed by atoms with E-state index in [0.717, 1.165) is 12.1 Å². The first kappa shape index (κ1) is 12.1. The molecule has 3 heteroatoms. The molecule has 0 radical (unpaired) electrons. The molecule has 1 heterocycles. The first-order valence-corrected chi connectivity index (χ1v) is 6.37. The quantitative estimate of drug-likeness (QED) is 0.860. The number of fused-ring (bicyclic) bond motifs is 1. The number of nitrogens with zero attached hydrogens (tertiary/aromatic N) is 2. The van der Waals surface area contributed by atoms with Crippen LogP contribution in [0.1, 0.15) is 26.7 Å². The molecule has 0 spiro atoms. The molecule has 0 saturated carbocycles. The maximum Gasteiger partial charge on any atom is 0.0958 e. The van der Waals surface area contributed by atoms with E-state index in [9.17, 15) is 0 Å². The number of nitrogens with two attached hydrogens (primary N) is 1. The molecule has 2 aromatic rings. The summed E-state index contributed by atoms with van der Waals surface area (Å²) in [5, 5.41) is 0. The van der Waals surface area contributed by atoms with E-state index in [1.54, 1.807) is 0 Å². The maximum atomic E-state index is 6.24. The van der Waals surface area contributed by atoms with E-state index in [1.807, 2.05) is 24.5 Å². The molecule has 2 unspecified atom stereocenters. The van der Waals surface area contributed by atoms with Gasteiger partial charge >= 0.3 is 0 Å². The summed E-state index contributed by atoms with van der Waals surface area (Å²) in [7, 11) is 0. The number of hydrogen-bond donors (Lipinski definition) is 1. The molecular weight excluding hydrogens is 210 g/mol. The zero-order valence-electron chi connectivity index (χ0n) is 10.6. The SMILES string of the molecule is CCCC(C)C(N)Cn1cnc2ccccc21. The van der Waals surface area contributed by atoms with Crippen LogP contribution in [0.4, 0.5) is 0 Å². The molecule has 0 aliphatic carbocycles. The lowest BCUT2D eigenvalue weighted by Gasteiger charge is -2.20. The van der Waals surface area contributed by atoms with Gasteiger partial charge in [0.05, 0.1) is 17.4 Å². The molecular formula is C14H21N3. The smallest absolute Gasteiger partial charge is 0.0958 e. The Morgan fingerprint density at radius 3 is 2.88 bits per heavy atom. The Labute approximate surface area is 103 Å². The second-order valence-electron chi connectivity index (χ2n) is 4.82. The second-order valence-corrected chi connectivity index (χ2v) is 4.82. The molecule has 3 nitrogen and oxygen atoms in total. The third-order valence-electron chi connectivity index (χ3n) is 3.41. The standard InChI is InChI=1S/C14H21N3/c1-3-6-11(2)12(15)9-17-10-16-13-7-4-5-8-14(13)17/h4-5,7-8,10-12H,3,6,9,15H2,1-2H3. The van der Waals surface area contributed by atoms with Crippen LogP contribution in [0.25, 0.3) is 11.0 Å². The van der Waals surface area contributed by atoms with Crippen LogP contribution >= 0.6 is 0 Å². The summed E-state index contributed by atoms with van der Waals surface area (Å²) in [6.45, 7) is 5.28. The average Bonchev–Trinajstić information content (AvgIpc) is 2.73. The fourth-order valence-electron chi connectivity index (χ4n) is 2.23. The fraction of sp³-hybridized carbons (Fsp3) is 0.500. The highest BCUT2D eigenvalue weighted by Crippen LogP contribution is 2.15. The number of para-hydroxylation sites is 2. The van der Waals surface area contributed by atoms with E-state index < -0.39 is 0 Å². The molecule has 1 aromatic carbocycles. The Bertz CT molecular complexity index is 475. The van der Waals surface area contributed by atoms with Crippen molar-refractivity contribution >= 4 is 11.0 Å². The summed E-state index contributed by atoms with van der Waals surface area (Å²) < 4.78 is 2.16. The molecule has 0 amide bonds. The van der Waals surface area contributed by atoms with Crippen LogP contribution in [-0.4, -0.2) is 15.6 Å². The van der Waals surface area contributed by atoms with E-state index >= 15 is 0 Å². The van der Waals surface area contributed by atoms with Crippen LogP contribution in [-0.2, 0) is 6.54 Å². The summed E-state index contributed by atoms with van der Waals surface area (Å²) in [6.07, 6.45) is 4.27. The first-order valence-electron chi connectivity index (χ1n) is 6.37. The van der Waals surface area contributed by atoms with Crippen molar-refractivity contribution in [1.29, 1.82) is 0 Å². The average molecular weight is 231 g/mol. The van der Waals surface area contributed by atoms with Gasteiger partial charge in [0, 0.05) is 12.6 Å². The van der Waals surface area contributed by atoms with Crippen LogP contribution in [0, 0.1) is 5.92 Å². The number of imidazole rings is 1. The Morgan fingerprint density at radius 2 is 2.12 bits per heavy atom. The highest BCUT2D eigenvalue weighted by atomic mass is 15.1. The van der Waals surface area contributed by atoms with Gasteiger partial charge in [0.15, 0.2) is 0 Å². The number of hydrogen-bond acceptors (Lipinski definition) is 2. The fourth-order valence-corrected chi connectivity index (χ4v) is 2.23. The second kappa shape index (κ2) is 5.32. The van der Waals surface area contributed by atoms with Crippen LogP contribution in [0.5, 0.6) is 0 Å². The van der Waals surface area contributed by atoms with Gasteiger partial charge in [-0.1, -0.05) is 32.4 Å². The van der Waals surface area contributed by atoms with Crippen molar-refractivity contribution in [2.24, 2.45) is 11.7 Å². The maximum absolute atomic E-state index is 6.24. The van der Waals surface area contributed by atoms with Gasteiger partial charge in [-0.05, 0) is 24.5 Å². The molecule has 0 fully saturated rings. The van der Waals surface area contributed by atoms with Crippen molar-refractivity contribution in [3.8, 4) is 0 Å². The Kier molecular flexibility index (Phi) is 3.79. The number of benzene rings is 1. The van der Waals surface area contributed by atoms with Crippen molar-refractivity contribution in [3.05, 3.63) is 30.6 Å². The summed E-state index contributed by atoms with van der Waals surface area (Å²) in [6, 6.07) is 8.39. The van der Waals surface area contributed by atoms with Gasteiger partial charge < -0.3 is 10.3 Å². The lowest BCUT2D eigenvalue weighted by atomic mass is 9.97. The zero-order valence-corrected chi connectivity index (χ0v) is 10.6. The van der Waals surface area contributed by atoms with Gasteiger partial charge in [-0.15, -0.1) is 0 Å². The summed E-state index contributed by atoms with van der Waals surface area (Å²) in [4.78, 5) is 4.38. The minimum atomic E-state index is 0.201. The highest BCUT2D eigenvalue weighted by molar-refractivity contribution is 5.74. The Balaban J connectivity index is 2.13. The molecule has 2 N–H and O–H groups in total. The predicted octanol–water partition coefficient (Wildman–Crippen LogP) is 2.80. The normalized spacial score (nSPS) is 15.0. The van der Waals surface area contributed by atoms with Crippen LogP contribution in [0.15, 0.2) is 30.6 Å². The number of aromatic nitrogens is 2. The third-order valence-corrected chi connectivity index (χ3v) is 3.41. The first-order chi connectivity index (χ1) is 8.22. The van der Waals surface area contributed by atoms with E-state index in [0.29, 0.717) is 5.92 Å². The van der Waals surface area contributed by atoms with Gasteiger partial charge in [-0.25, -0.2) is 4.98 Å². The molecule has 2 rings (SSSR count). The van der Waals surface area contributed by atoms with Crippen molar-refractivity contribution < 1.29 is 0 Å². The van der Waals surface area contributed by atoms with E-state index in [-0.39, 0.29) is 6.04 Å². The minimum Gasteiger partial charge on any atom is -0.329 e. The minimum absolute atomic E-state index is 0.201. The van der Waals surface area contributed by atoms with Crippen molar-refractivity contribution in [1.82, 2.24) is 9.55 Å². The van der Waals surface area contributed by atoms with Gasteiger partial charge in [0.2, 0.25) is 0 Å². The van der Waals surface area contributed by atoms with Crippen LogP contribution < -0.4 is 5.73 Å². The third kappa shape index (κ3) is 2.67. The van der Waals surface area contributed by atoms with Crippen LogP contribution in [0.2, 0.25) is 0 Å². The van der Waals surface area contributed by atoms with Gasteiger partial charge in [-0.3, -0.25) is 0 Å². The highest BCUT2D eigenvalue weighted by Gasteiger charge is 2.13. The van der Waals surface area contributed by atoms with Gasteiger partial charge in [0.25, 0.3) is 0 Å². The van der Waals surface area contributed by atoms with Crippen LogP contribution in [0.3, 0.4) is 0 Å². The number of rotatable bonds is 5. The Hall–Kier alpha value is -1.35. The van der Waals surface area contributed by atoms with Crippen molar-refractivity contribution in [2.45, 2.75) is 39.3 Å². The molecule has 0 aliphatic heterocycles. The van der Waals surface area contributed by atoms with E-state index in [2.05, 4.69) is 29.5 Å². The monoisotopic (exact) mass is 231 g/mol. The lowest BCUT2D eigenvalue weighted by Crippen LogP contribution is -2.32. The molecule has 1 aromatic heterocycles. The van der Waals surface area contributed by atoms with Crippen molar-refractivity contribution in [3.63, 3.8) is 0 Å². The zero-order chi connectivity index (χ0) is 12.3. The summed E-state index contributed by atoms with van der Waals surface area (Å²) >= 11 is 0. The molecule has 0 saturated heterocycles. The summed E-state index contributed by atoms with van der Waals surface area (Å²) in [5.74, 6) is 0.557. The molecule has 0 aliphatic rings. The topological polar surface area (TPSA) is 43.8 Å². The van der Waals surface area contributed by atoms with E-state index in [4.69, 9.17) is 5.73 Å². The lowest BCUT2D eigenvalue weighted by molar-refractivity contribution is 0.385. The summed E-state index contributed by atoms with van der Waals surface area (Å²) in [5.41, 5.74) is 8.45. The van der Waals surface area contributed by atoms with Gasteiger partial charge in [-0.2, -0.15) is 0 Å². The molecule has 92 valence electrons.